The first-order valence-corrected chi connectivity index (χ1v) is 7.12. The summed E-state index contributed by atoms with van der Waals surface area (Å²) in [7, 11) is 0. The lowest BCUT2D eigenvalue weighted by Crippen LogP contribution is -2.19. The van der Waals surface area contributed by atoms with Crippen molar-refractivity contribution in [2.24, 2.45) is 0 Å². The molecule has 4 nitrogen and oxygen atoms in total. The summed E-state index contributed by atoms with van der Waals surface area (Å²) in [6, 6.07) is 5.81. The molecule has 0 saturated heterocycles. The highest BCUT2D eigenvalue weighted by molar-refractivity contribution is 9.10. The molecule has 2 aromatic rings. The average molecular weight is 345 g/mol. The summed E-state index contributed by atoms with van der Waals surface area (Å²) in [4.78, 5) is 15.1. The van der Waals surface area contributed by atoms with Gasteiger partial charge in [-0.1, -0.05) is 33.3 Å². The van der Waals surface area contributed by atoms with E-state index in [0.29, 0.717) is 15.9 Å². The molecule has 2 rings (SSSR count). The van der Waals surface area contributed by atoms with Gasteiger partial charge in [-0.2, -0.15) is 0 Å². The molecule has 1 heterocycles. The molecule has 1 aromatic heterocycles. The van der Waals surface area contributed by atoms with Crippen LogP contribution in [0.2, 0.25) is 0 Å². The number of hydrogen-bond donors (Lipinski definition) is 1. The second-order valence-corrected chi connectivity index (χ2v) is 6.02. The van der Waals surface area contributed by atoms with Crippen LogP contribution in [0.25, 0.3) is 0 Å². The fraction of sp³-hybridized carbons (Fsp3) is 0.167. The number of carbonyl (C=O) groups excluding carboxylic acids is 1. The molecule has 19 heavy (non-hydrogen) atoms. The maximum absolute atomic E-state index is 13.0. The molecule has 0 radical (unpaired) electrons. The summed E-state index contributed by atoms with van der Waals surface area (Å²) in [6.07, 6.45) is 1.48. The van der Waals surface area contributed by atoms with Crippen molar-refractivity contribution in [2.75, 3.05) is 5.32 Å². The fourth-order valence-corrected chi connectivity index (χ4v) is 2.02. The normalized spacial score (nSPS) is 11.9. The van der Waals surface area contributed by atoms with Gasteiger partial charge in [0.25, 0.3) is 0 Å². The summed E-state index contributed by atoms with van der Waals surface area (Å²) in [5.41, 5.74) is 0. The maximum Gasteiger partial charge on any atom is 0.239 e. The zero-order chi connectivity index (χ0) is 13.8. The summed E-state index contributed by atoms with van der Waals surface area (Å²) >= 11 is 4.33. The number of ether oxygens (including phenoxy) is 1. The highest BCUT2D eigenvalue weighted by Gasteiger charge is 2.12. The van der Waals surface area contributed by atoms with Crippen molar-refractivity contribution >= 4 is 38.3 Å². The Hall–Kier alpha value is -1.47. The third kappa shape index (κ3) is 4.00. The summed E-state index contributed by atoms with van der Waals surface area (Å²) < 4.78 is 18.4. The monoisotopic (exact) mass is 344 g/mol. The van der Waals surface area contributed by atoms with E-state index in [1.165, 1.54) is 29.7 Å². The number of rotatable bonds is 4. The lowest BCUT2D eigenvalue weighted by Gasteiger charge is -2.02. The Kier molecular flexibility index (Phi) is 4.49. The molecule has 7 heteroatoms. The number of aromatic nitrogens is 1. The Balaban J connectivity index is 2.03. The van der Waals surface area contributed by atoms with Gasteiger partial charge in [0, 0.05) is 6.07 Å². The molecule has 0 bridgehead atoms. The van der Waals surface area contributed by atoms with Crippen LogP contribution in [0, 0.1) is 5.82 Å². The number of anilines is 1. The van der Waals surface area contributed by atoms with Gasteiger partial charge in [-0.25, -0.2) is 9.37 Å². The number of halogens is 2. The topological polar surface area (TPSA) is 51.2 Å². The minimum absolute atomic E-state index is 0.188. The first kappa shape index (κ1) is 14.0. The van der Waals surface area contributed by atoms with Crippen molar-refractivity contribution in [1.82, 2.24) is 4.98 Å². The first-order chi connectivity index (χ1) is 9.04. The SMILES string of the molecule is C[C@@H](Br)C(=O)Nc1ncc(Oc2cccc(F)c2)s1. The largest absolute Gasteiger partial charge is 0.445 e. The molecule has 0 aliphatic heterocycles. The van der Waals surface area contributed by atoms with Crippen LogP contribution in [0.5, 0.6) is 10.8 Å². The standard InChI is InChI=1S/C12H10BrFN2O2S/c1-7(13)11(17)16-12-15-6-10(19-12)18-9-4-2-3-8(14)5-9/h2-7H,1H3,(H,15,16,17)/t7-/m1/s1. The third-order valence-corrected chi connectivity index (χ3v) is 3.30. The van der Waals surface area contributed by atoms with Gasteiger partial charge in [-0.3, -0.25) is 4.79 Å². The quantitative estimate of drug-likeness (QED) is 0.858. The smallest absolute Gasteiger partial charge is 0.239 e. The second kappa shape index (κ2) is 6.12. The predicted octanol–water partition coefficient (Wildman–Crippen LogP) is 3.80. The van der Waals surface area contributed by atoms with Crippen molar-refractivity contribution in [3.05, 3.63) is 36.3 Å². The van der Waals surface area contributed by atoms with E-state index in [-0.39, 0.29) is 16.6 Å². The van der Waals surface area contributed by atoms with E-state index in [9.17, 15) is 9.18 Å². The molecule has 1 amide bonds. The Morgan fingerprint density at radius 1 is 1.58 bits per heavy atom. The number of alkyl halides is 1. The van der Waals surface area contributed by atoms with Crippen molar-refractivity contribution in [3.8, 4) is 10.8 Å². The van der Waals surface area contributed by atoms with E-state index < -0.39 is 0 Å². The van der Waals surface area contributed by atoms with Crippen LogP contribution in [-0.4, -0.2) is 15.7 Å². The van der Waals surface area contributed by atoms with Crippen LogP contribution in [0.3, 0.4) is 0 Å². The summed E-state index contributed by atoms with van der Waals surface area (Å²) in [5, 5.41) is 3.53. The minimum atomic E-state index is -0.372. The molecule has 0 saturated carbocycles. The number of amides is 1. The highest BCUT2D eigenvalue weighted by Crippen LogP contribution is 2.30. The van der Waals surface area contributed by atoms with Gasteiger partial charge in [0.15, 0.2) is 5.13 Å². The molecule has 0 fully saturated rings. The van der Waals surface area contributed by atoms with Crippen LogP contribution >= 0.6 is 27.3 Å². The minimum Gasteiger partial charge on any atom is -0.445 e. The van der Waals surface area contributed by atoms with Crippen molar-refractivity contribution in [2.45, 2.75) is 11.8 Å². The molecular weight excluding hydrogens is 335 g/mol. The molecule has 0 aliphatic rings. The van der Waals surface area contributed by atoms with Crippen molar-refractivity contribution in [3.63, 3.8) is 0 Å². The summed E-state index contributed by atoms with van der Waals surface area (Å²) in [5.74, 6) is -0.175. The number of benzene rings is 1. The molecule has 0 unspecified atom stereocenters. The van der Waals surface area contributed by atoms with E-state index in [1.807, 2.05) is 0 Å². The van der Waals surface area contributed by atoms with Crippen LogP contribution in [0.4, 0.5) is 9.52 Å². The van der Waals surface area contributed by atoms with E-state index in [1.54, 1.807) is 19.1 Å². The Morgan fingerprint density at radius 2 is 2.37 bits per heavy atom. The molecule has 1 atom stereocenters. The number of carbonyl (C=O) groups is 1. The second-order valence-electron chi connectivity index (χ2n) is 3.65. The number of nitrogens with one attached hydrogen (secondary N) is 1. The van der Waals surface area contributed by atoms with E-state index in [0.717, 1.165) is 0 Å². The Morgan fingerprint density at radius 3 is 3.05 bits per heavy atom. The van der Waals surface area contributed by atoms with Gasteiger partial charge in [-0.15, -0.1) is 0 Å². The molecule has 1 N–H and O–H groups in total. The van der Waals surface area contributed by atoms with Gasteiger partial charge in [0.2, 0.25) is 11.0 Å². The van der Waals surface area contributed by atoms with Gasteiger partial charge in [-0.05, 0) is 19.1 Å². The highest BCUT2D eigenvalue weighted by atomic mass is 79.9. The molecule has 100 valence electrons. The maximum atomic E-state index is 13.0. The summed E-state index contributed by atoms with van der Waals surface area (Å²) in [6.45, 7) is 1.72. The predicted molar refractivity (Wildman–Crippen MR) is 75.6 cm³/mol. The van der Waals surface area contributed by atoms with Crippen LogP contribution < -0.4 is 10.1 Å². The zero-order valence-electron chi connectivity index (χ0n) is 9.89. The van der Waals surface area contributed by atoms with Crippen molar-refractivity contribution in [1.29, 1.82) is 0 Å². The van der Waals surface area contributed by atoms with Crippen LogP contribution in [0.1, 0.15) is 6.92 Å². The number of thiazole rings is 1. The zero-order valence-corrected chi connectivity index (χ0v) is 12.3. The van der Waals surface area contributed by atoms with Crippen LogP contribution in [0.15, 0.2) is 30.5 Å². The van der Waals surface area contributed by atoms with E-state index >= 15 is 0 Å². The molecule has 0 spiro atoms. The Labute approximate surface area is 121 Å². The van der Waals surface area contributed by atoms with Gasteiger partial charge in [0.1, 0.15) is 11.6 Å². The van der Waals surface area contributed by atoms with Crippen LogP contribution in [-0.2, 0) is 4.79 Å². The van der Waals surface area contributed by atoms with Gasteiger partial charge >= 0.3 is 0 Å². The van der Waals surface area contributed by atoms with E-state index in [2.05, 4.69) is 26.2 Å². The molecule has 1 aromatic carbocycles. The number of hydrogen-bond acceptors (Lipinski definition) is 4. The van der Waals surface area contributed by atoms with Crippen molar-refractivity contribution < 1.29 is 13.9 Å². The third-order valence-electron chi connectivity index (χ3n) is 2.09. The number of nitrogens with zero attached hydrogens (tertiary/aromatic N) is 1. The lowest BCUT2D eigenvalue weighted by molar-refractivity contribution is -0.115. The fourth-order valence-electron chi connectivity index (χ4n) is 1.22. The Bertz CT molecular complexity index is 589. The van der Waals surface area contributed by atoms with Gasteiger partial charge in [0.05, 0.1) is 11.0 Å². The first-order valence-electron chi connectivity index (χ1n) is 5.39. The van der Waals surface area contributed by atoms with Gasteiger partial charge < -0.3 is 10.1 Å². The average Bonchev–Trinajstić information content (AvgIpc) is 2.76. The van der Waals surface area contributed by atoms with E-state index in [4.69, 9.17) is 4.74 Å². The molecular formula is C12H10BrFN2O2S. The lowest BCUT2D eigenvalue weighted by atomic mass is 10.3. The molecule has 0 aliphatic carbocycles.